The lowest BCUT2D eigenvalue weighted by molar-refractivity contribution is -0.0442. The summed E-state index contributed by atoms with van der Waals surface area (Å²) in [7, 11) is 1.70. The highest BCUT2D eigenvalue weighted by Crippen LogP contribution is 2.39. The van der Waals surface area contributed by atoms with Crippen molar-refractivity contribution in [3.05, 3.63) is 29.3 Å². The van der Waals surface area contributed by atoms with Gasteiger partial charge in [-0.3, -0.25) is 0 Å². The number of aryl methyl sites for hydroxylation is 1. The molecule has 0 spiro atoms. The number of ether oxygens (including phenoxy) is 1. The maximum Gasteiger partial charge on any atom is 0.122 e. The molecule has 0 amide bonds. The Labute approximate surface area is 115 Å². The molecule has 2 saturated heterocycles. The lowest BCUT2D eigenvalue weighted by atomic mass is 9.77. The Bertz CT molecular complexity index is 474. The molecule has 2 fully saturated rings. The van der Waals surface area contributed by atoms with E-state index in [0.29, 0.717) is 5.92 Å². The molecule has 3 unspecified atom stereocenters. The van der Waals surface area contributed by atoms with Gasteiger partial charge in [-0.1, -0.05) is 17.7 Å². The van der Waals surface area contributed by atoms with Gasteiger partial charge < -0.3 is 14.7 Å². The molecule has 0 aliphatic carbocycles. The molecule has 0 radical (unpaired) electrons. The molecule has 2 heterocycles. The van der Waals surface area contributed by atoms with Crippen LogP contribution in [0.3, 0.4) is 0 Å². The molecule has 2 aliphatic heterocycles. The first kappa shape index (κ1) is 12.9. The van der Waals surface area contributed by atoms with Crippen molar-refractivity contribution in [3.8, 4) is 5.75 Å². The summed E-state index contributed by atoms with van der Waals surface area (Å²) in [6, 6.07) is 6.22. The van der Waals surface area contributed by atoms with E-state index < -0.39 is 5.60 Å². The third-order valence-electron chi connectivity index (χ3n) is 4.83. The van der Waals surface area contributed by atoms with Crippen molar-refractivity contribution in [2.75, 3.05) is 26.7 Å². The van der Waals surface area contributed by atoms with Crippen LogP contribution in [0.4, 0.5) is 0 Å². The minimum atomic E-state index is -0.548. The smallest absolute Gasteiger partial charge is 0.122 e. The van der Waals surface area contributed by atoms with Gasteiger partial charge in [0.05, 0.1) is 12.7 Å². The second-order valence-electron chi connectivity index (χ2n) is 6.13. The van der Waals surface area contributed by atoms with Crippen LogP contribution < -0.4 is 4.74 Å². The predicted molar refractivity (Wildman–Crippen MR) is 75.5 cm³/mol. The van der Waals surface area contributed by atoms with Crippen LogP contribution in [0.5, 0.6) is 5.75 Å². The number of aliphatic hydroxyl groups is 1. The Morgan fingerprint density at radius 1 is 1.42 bits per heavy atom. The van der Waals surface area contributed by atoms with Crippen LogP contribution in [0.2, 0.25) is 0 Å². The van der Waals surface area contributed by atoms with E-state index >= 15 is 0 Å². The summed E-state index contributed by atoms with van der Waals surface area (Å²) in [5.41, 5.74) is 1.82. The maximum absolute atomic E-state index is 11.0. The molecule has 2 aliphatic rings. The largest absolute Gasteiger partial charge is 0.496 e. The normalized spacial score (nSPS) is 33.4. The van der Waals surface area contributed by atoms with Gasteiger partial charge >= 0.3 is 0 Å². The molecule has 1 aromatic carbocycles. The van der Waals surface area contributed by atoms with E-state index in [2.05, 4.69) is 24.0 Å². The Morgan fingerprint density at radius 2 is 2.26 bits per heavy atom. The summed E-state index contributed by atoms with van der Waals surface area (Å²) in [6.07, 6.45) is 2.73. The van der Waals surface area contributed by atoms with Crippen molar-refractivity contribution in [1.82, 2.24) is 4.90 Å². The van der Waals surface area contributed by atoms with Gasteiger partial charge in [0.25, 0.3) is 0 Å². The predicted octanol–water partition coefficient (Wildman–Crippen LogP) is 2.00. The molecule has 3 atom stereocenters. The van der Waals surface area contributed by atoms with Crippen molar-refractivity contribution in [3.63, 3.8) is 0 Å². The fourth-order valence-corrected chi connectivity index (χ4v) is 3.64. The van der Waals surface area contributed by atoms with Gasteiger partial charge in [-0.15, -0.1) is 0 Å². The van der Waals surface area contributed by atoms with Crippen molar-refractivity contribution >= 4 is 0 Å². The van der Waals surface area contributed by atoms with E-state index in [-0.39, 0.29) is 0 Å². The second-order valence-corrected chi connectivity index (χ2v) is 6.13. The minimum Gasteiger partial charge on any atom is -0.496 e. The molecule has 3 rings (SSSR count). The van der Waals surface area contributed by atoms with Crippen molar-refractivity contribution in [1.29, 1.82) is 0 Å². The first-order chi connectivity index (χ1) is 9.10. The zero-order valence-electron chi connectivity index (χ0n) is 11.9. The number of rotatable bonds is 3. The molecule has 0 saturated carbocycles. The number of benzene rings is 1. The average Bonchev–Trinajstić information content (AvgIpc) is 2.81. The number of fused-ring (bicyclic) bond motifs is 2. The van der Waals surface area contributed by atoms with Gasteiger partial charge in [0, 0.05) is 25.4 Å². The molecule has 104 valence electrons. The highest BCUT2D eigenvalue weighted by atomic mass is 16.5. The van der Waals surface area contributed by atoms with E-state index in [4.69, 9.17) is 4.74 Å². The van der Waals surface area contributed by atoms with Crippen LogP contribution in [-0.2, 0) is 6.42 Å². The zero-order chi connectivity index (χ0) is 13.5. The lowest BCUT2D eigenvalue weighted by Gasteiger charge is -2.39. The standard InChI is InChI=1S/C16H23NO2/c1-12-3-4-15(19-2)13(9-12)10-16(18)6-8-17-7-5-14(16)11-17/h3-4,9,14,18H,5-8,10-11H2,1-2H3. The van der Waals surface area contributed by atoms with Crippen molar-refractivity contribution < 1.29 is 9.84 Å². The number of nitrogens with zero attached hydrogens (tertiary/aromatic N) is 1. The molecule has 2 bridgehead atoms. The maximum atomic E-state index is 11.0. The SMILES string of the molecule is COc1ccc(C)cc1CC1(O)CCN2CCC1C2. The highest BCUT2D eigenvalue weighted by Gasteiger charge is 2.45. The molecule has 3 heteroatoms. The van der Waals surface area contributed by atoms with E-state index in [1.165, 1.54) is 5.56 Å². The molecule has 1 N–H and O–H groups in total. The zero-order valence-corrected chi connectivity index (χ0v) is 11.9. The number of piperidine rings is 1. The summed E-state index contributed by atoms with van der Waals surface area (Å²) in [5.74, 6) is 1.32. The number of hydrogen-bond acceptors (Lipinski definition) is 3. The molecule has 0 aromatic heterocycles. The van der Waals surface area contributed by atoms with Crippen LogP contribution in [0, 0.1) is 12.8 Å². The van der Waals surface area contributed by atoms with Crippen LogP contribution >= 0.6 is 0 Å². The first-order valence-corrected chi connectivity index (χ1v) is 7.19. The van der Waals surface area contributed by atoms with Gasteiger partial charge in [0.1, 0.15) is 5.75 Å². The monoisotopic (exact) mass is 261 g/mol. The third-order valence-corrected chi connectivity index (χ3v) is 4.83. The van der Waals surface area contributed by atoms with Gasteiger partial charge in [-0.2, -0.15) is 0 Å². The molecule has 3 nitrogen and oxygen atoms in total. The summed E-state index contributed by atoms with van der Waals surface area (Å²) >= 11 is 0. The van der Waals surface area contributed by atoms with Gasteiger partial charge in [-0.05, 0) is 37.9 Å². The topological polar surface area (TPSA) is 32.7 Å². The van der Waals surface area contributed by atoms with Gasteiger partial charge in [-0.25, -0.2) is 0 Å². The third kappa shape index (κ3) is 2.37. The molecular formula is C16H23NO2. The quantitative estimate of drug-likeness (QED) is 0.903. The average molecular weight is 261 g/mol. The second kappa shape index (κ2) is 4.80. The molecule has 19 heavy (non-hydrogen) atoms. The number of hydrogen-bond donors (Lipinski definition) is 1. The summed E-state index contributed by atoms with van der Waals surface area (Å²) in [5, 5.41) is 11.0. The van der Waals surface area contributed by atoms with Crippen LogP contribution in [0.25, 0.3) is 0 Å². The summed E-state index contributed by atoms with van der Waals surface area (Å²) in [6.45, 7) is 5.33. The summed E-state index contributed by atoms with van der Waals surface area (Å²) in [4.78, 5) is 2.46. The van der Waals surface area contributed by atoms with Crippen LogP contribution in [-0.4, -0.2) is 42.4 Å². The van der Waals surface area contributed by atoms with E-state index in [9.17, 15) is 5.11 Å². The molecule has 1 aromatic rings. The Morgan fingerprint density at radius 3 is 3.05 bits per heavy atom. The molecular weight excluding hydrogens is 238 g/mol. The first-order valence-electron chi connectivity index (χ1n) is 7.19. The highest BCUT2D eigenvalue weighted by molar-refractivity contribution is 5.38. The van der Waals surface area contributed by atoms with Gasteiger partial charge in [0.15, 0.2) is 0 Å². The Kier molecular flexibility index (Phi) is 3.27. The summed E-state index contributed by atoms with van der Waals surface area (Å²) < 4.78 is 5.44. The van der Waals surface area contributed by atoms with Gasteiger partial charge in [0.2, 0.25) is 0 Å². The Hall–Kier alpha value is -1.06. The van der Waals surface area contributed by atoms with E-state index in [0.717, 1.165) is 50.2 Å². The van der Waals surface area contributed by atoms with Crippen molar-refractivity contribution in [2.24, 2.45) is 5.92 Å². The lowest BCUT2D eigenvalue weighted by Crippen LogP contribution is -2.47. The van der Waals surface area contributed by atoms with E-state index in [1.807, 2.05) is 6.07 Å². The van der Waals surface area contributed by atoms with Crippen LogP contribution in [0.15, 0.2) is 18.2 Å². The minimum absolute atomic E-state index is 0.423. The Balaban J connectivity index is 1.85. The number of methoxy groups -OCH3 is 1. The van der Waals surface area contributed by atoms with E-state index in [1.54, 1.807) is 7.11 Å². The fourth-order valence-electron chi connectivity index (χ4n) is 3.64. The fraction of sp³-hybridized carbons (Fsp3) is 0.625. The van der Waals surface area contributed by atoms with Crippen molar-refractivity contribution in [2.45, 2.75) is 31.8 Å². The van der Waals surface area contributed by atoms with Crippen LogP contribution in [0.1, 0.15) is 24.0 Å².